The van der Waals surface area contributed by atoms with Crippen molar-refractivity contribution in [1.82, 2.24) is 0 Å². The van der Waals surface area contributed by atoms with Crippen molar-refractivity contribution in [2.75, 3.05) is 7.11 Å². The minimum absolute atomic E-state index is 0.00574. The summed E-state index contributed by atoms with van der Waals surface area (Å²) in [5, 5.41) is 8.68. The standard InChI is InChI=1S/C12H20O4/c1-5-6-8(2)12(15)9(3)10(16-4)7-11(13)14/h5-6,8-10H,7H2,1-4H3,(H,13,14). The van der Waals surface area contributed by atoms with Gasteiger partial charge in [-0.15, -0.1) is 0 Å². The Morgan fingerprint density at radius 3 is 2.31 bits per heavy atom. The quantitative estimate of drug-likeness (QED) is 0.676. The fraction of sp³-hybridized carbons (Fsp3) is 0.667. The maximum absolute atomic E-state index is 11.9. The van der Waals surface area contributed by atoms with Crippen LogP contribution in [0, 0.1) is 11.8 Å². The summed E-state index contributed by atoms with van der Waals surface area (Å²) in [6, 6.07) is 0. The summed E-state index contributed by atoms with van der Waals surface area (Å²) < 4.78 is 5.05. The van der Waals surface area contributed by atoms with Gasteiger partial charge in [-0.3, -0.25) is 9.59 Å². The van der Waals surface area contributed by atoms with Gasteiger partial charge in [0.15, 0.2) is 0 Å². The Balaban J connectivity index is 4.54. The largest absolute Gasteiger partial charge is 0.481 e. The van der Waals surface area contributed by atoms with Gasteiger partial charge in [0.1, 0.15) is 5.78 Å². The number of carboxylic acids is 1. The molecule has 3 unspecified atom stereocenters. The topological polar surface area (TPSA) is 63.6 Å². The highest BCUT2D eigenvalue weighted by Gasteiger charge is 2.28. The number of hydrogen-bond donors (Lipinski definition) is 1. The fourth-order valence-electron chi connectivity index (χ4n) is 1.62. The molecule has 4 nitrogen and oxygen atoms in total. The van der Waals surface area contributed by atoms with Crippen LogP contribution in [-0.4, -0.2) is 30.1 Å². The summed E-state index contributed by atoms with van der Waals surface area (Å²) >= 11 is 0. The summed E-state index contributed by atoms with van der Waals surface area (Å²) in [6.07, 6.45) is 2.91. The van der Waals surface area contributed by atoms with Crippen molar-refractivity contribution in [1.29, 1.82) is 0 Å². The highest BCUT2D eigenvalue weighted by Crippen LogP contribution is 2.17. The fourth-order valence-corrected chi connectivity index (χ4v) is 1.62. The van der Waals surface area contributed by atoms with Crippen LogP contribution >= 0.6 is 0 Å². The Kier molecular flexibility index (Phi) is 6.65. The van der Waals surface area contributed by atoms with Crippen molar-refractivity contribution in [2.45, 2.75) is 33.3 Å². The number of rotatable bonds is 7. The number of ketones is 1. The first kappa shape index (κ1) is 14.8. The third-order valence-electron chi connectivity index (χ3n) is 2.61. The Bertz CT molecular complexity index is 270. The van der Waals surface area contributed by atoms with Crippen LogP contribution in [0.2, 0.25) is 0 Å². The molecule has 1 N–H and O–H groups in total. The van der Waals surface area contributed by atoms with Gasteiger partial charge in [0, 0.05) is 18.9 Å². The number of methoxy groups -OCH3 is 1. The first-order valence-electron chi connectivity index (χ1n) is 5.35. The summed E-state index contributed by atoms with van der Waals surface area (Å²) in [7, 11) is 1.43. The molecule has 0 spiro atoms. The number of ether oxygens (including phenoxy) is 1. The lowest BCUT2D eigenvalue weighted by molar-refractivity contribution is -0.142. The summed E-state index contributed by atoms with van der Waals surface area (Å²) in [5.74, 6) is -1.56. The summed E-state index contributed by atoms with van der Waals surface area (Å²) in [6.45, 7) is 5.35. The first-order valence-corrected chi connectivity index (χ1v) is 5.35. The van der Waals surface area contributed by atoms with Gasteiger partial charge in [0.2, 0.25) is 0 Å². The van der Waals surface area contributed by atoms with E-state index in [0.717, 1.165) is 0 Å². The molecule has 0 heterocycles. The van der Waals surface area contributed by atoms with E-state index in [1.807, 2.05) is 13.0 Å². The average molecular weight is 228 g/mol. The van der Waals surface area contributed by atoms with Crippen LogP contribution in [0.3, 0.4) is 0 Å². The highest BCUT2D eigenvalue weighted by molar-refractivity contribution is 5.85. The zero-order valence-corrected chi connectivity index (χ0v) is 10.3. The van der Waals surface area contributed by atoms with Crippen molar-refractivity contribution >= 4 is 11.8 Å². The van der Waals surface area contributed by atoms with E-state index in [9.17, 15) is 9.59 Å². The molecule has 0 aliphatic carbocycles. The molecular formula is C12H20O4. The number of carboxylic acid groups (broad SMARTS) is 1. The maximum atomic E-state index is 11.9. The summed E-state index contributed by atoms with van der Waals surface area (Å²) in [5.41, 5.74) is 0. The molecule has 3 atom stereocenters. The van der Waals surface area contributed by atoms with Crippen molar-refractivity contribution in [3.8, 4) is 0 Å². The zero-order valence-electron chi connectivity index (χ0n) is 10.3. The predicted octanol–water partition coefficient (Wildman–Crippen LogP) is 1.89. The minimum Gasteiger partial charge on any atom is -0.481 e. The molecule has 0 saturated carbocycles. The molecule has 4 heteroatoms. The second-order valence-corrected chi connectivity index (χ2v) is 3.88. The van der Waals surface area contributed by atoms with Crippen LogP contribution in [0.5, 0.6) is 0 Å². The number of aliphatic carboxylic acids is 1. The van der Waals surface area contributed by atoms with Gasteiger partial charge in [0.25, 0.3) is 0 Å². The molecule has 0 bridgehead atoms. The maximum Gasteiger partial charge on any atom is 0.306 e. The molecule has 0 rings (SSSR count). The first-order chi connectivity index (χ1) is 7.43. The van der Waals surface area contributed by atoms with Gasteiger partial charge in [-0.1, -0.05) is 26.0 Å². The molecular weight excluding hydrogens is 208 g/mol. The van der Waals surface area contributed by atoms with Crippen molar-refractivity contribution in [3.63, 3.8) is 0 Å². The van der Waals surface area contributed by atoms with Crippen LogP contribution in [0.1, 0.15) is 27.2 Å². The van der Waals surface area contributed by atoms with E-state index in [2.05, 4.69) is 0 Å². The lowest BCUT2D eigenvalue weighted by atomic mass is 9.89. The Morgan fingerprint density at radius 2 is 1.94 bits per heavy atom. The molecule has 0 aromatic carbocycles. The highest BCUT2D eigenvalue weighted by atomic mass is 16.5. The average Bonchev–Trinajstić information content (AvgIpc) is 2.23. The zero-order chi connectivity index (χ0) is 12.7. The van der Waals surface area contributed by atoms with E-state index in [1.165, 1.54) is 7.11 Å². The van der Waals surface area contributed by atoms with Crippen LogP contribution < -0.4 is 0 Å². The second kappa shape index (κ2) is 7.17. The van der Waals surface area contributed by atoms with Crippen molar-refractivity contribution in [2.24, 2.45) is 11.8 Å². The third kappa shape index (κ3) is 4.57. The van der Waals surface area contributed by atoms with Crippen LogP contribution in [0.15, 0.2) is 12.2 Å². The second-order valence-electron chi connectivity index (χ2n) is 3.88. The smallest absolute Gasteiger partial charge is 0.306 e. The molecule has 92 valence electrons. The van der Waals surface area contributed by atoms with Crippen LogP contribution in [0.25, 0.3) is 0 Å². The molecule has 0 radical (unpaired) electrons. The Hall–Kier alpha value is -1.16. The number of allylic oxidation sites excluding steroid dienone is 2. The lowest BCUT2D eigenvalue weighted by Crippen LogP contribution is -2.32. The molecule has 0 aromatic rings. The van der Waals surface area contributed by atoms with Crippen LogP contribution in [-0.2, 0) is 14.3 Å². The Labute approximate surface area is 96.3 Å². The van der Waals surface area contributed by atoms with Gasteiger partial charge in [-0.2, -0.15) is 0 Å². The van der Waals surface area contributed by atoms with E-state index in [1.54, 1.807) is 19.9 Å². The molecule has 0 aliphatic rings. The van der Waals surface area contributed by atoms with Gasteiger partial charge in [-0.05, 0) is 6.92 Å². The van der Waals surface area contributed by atoms with Crippen LogP contribution in [0.4, 0.5) is 0 Å². The van der Waals surface area contributed by atoms with Gasteiger partial charge in [0.05, 0.1) is 12.5 Å². The van der Waals surface area contributed by atoms with E-state index in [4.69, 9.17) is 9.84 Å². The van der Waals surface area contributed by atoms with E-state index in [-0.39, 0.29) is 18.1 Å². The molecule has 0 fully saturated rings. The molecule has 0 aromatic heterocycles. The molecule has 0 amide bonds. The van der Waals surface area contributed by atoms with Crippen molar-refractivity contribution in [3.05, 3.63) is 12.2 Å². The Morgan fingerprint density at radius 1 is 1.38 bits per heavy atom. The number of Topliss-reactive ketones (excluding diaryl/α,β-unsaturated/α-hetero) is 1. The lowest BCUT2D eigenvalue weighted by Gasteiger charge is -2.21. The monoisotopic (exact) mass is 228 g/mol. The van der Waals surface area contributed by atoms with E-state index >= 15 is 0 Å². The summed E-state index contributed by atoms with van der Waals surface area (Å²) in [4.78, 5) is 22.5. The van der Waals surface area contributed by atoms with Gasteiger partial charge in [-0.25, -0.2) is 0 Å². The number of hydrogen-bond acceptors (Lipinski definition) is 3. The van der Waals surface area contributed by atoms with E-state index in [0.29, 0.717) is 0 Å². The minimum atomic E-state index is -0.954. The predicted molar refractivity (Wildman–Crippen MR) is 61.2 cm³/mol. The normalized spacial score (nSPS) is 17.0. The van der Waals surface area contributed by atoms with Gasteiger partial charge >= 0.3 is 5.97 Å². The number of carbonyl (C=O) groups excluding carboxylic acids is 1. The third-order valence-corrected chi connectivity index (χ3v) is 2.61. The van der Waals surface area contributed by atoms with Gasteiger partial charge < -0.3 is 9.84 Å². The van der Waals surface area contributed by atoms with Crippen molar-refractivity contribution < 1.29 is 19.4 Å². The molecule has 0 saturated heterocycles. The SMILES string of the molecule is CC=CC(C)C(=O)C(C)C(CC(=O)O)OC. The van der Waals surface area contributed by atoms with E-state index < -0.39 is 18.0 Å². The molecule has 16 heavy (non-hydrogen) atoms. The molecule has 0 aliphatic heterocycles. The number of carbonyl (C=O) groups is 2.